The molecular weight excluding hydrogens is 233 g/mol. The van der Waals surface area contributed by atoms with Crippen LogP contribution < -0.4 is 11.1 Å². The fourth-order valence-corrected chi connectivity index (χ4v) is 1.44. The van der Waals surface area contributed by atoms with Gasteiger partial charge in [-0.3, -0.25) is 4.79 Å². The molecule has 18 heavy (non-hydrogen) atoms. The molecule has 2 aromatic rings. The predicted octanol–water partition coefficient (Wildman–Crippen LogP) is 2.36. The SMILES string of the molecule is Cc1ccc(C(=O)Nc2ncccc2N)cc1F. The highest BCUT2D eigenvalue weighted by Gasteiger charge is 2.10. The summed E-state index contributed by atoms with van der Waals surface area (Å²) in [5.41, 5.74) is 6.72. The first-order valence-electron chi connectivity index (χ1n) is 5.36. The van der Waals surface area contributed by atoms with Crippen LogP contribution in [0.5, 0.6) is 0 Å². The van der Waals surface area contributed by atoms with Gasteiger partial charge in [-0.05, 0) is 36.8 Å². The molecule has 0 aliphatic heterocycles. The van der Waals surface area contributed by atoms with Crippen molar-refractivity contribution in [1.82, 2.24) is 4.98 Å². The van der Waals surface area contributed by atoms with Crippen LogP contribution in [0.4, 0.5) is 15.9 Å². The lowest BCUT2D eigenvalue weighted by molar-refractivity contribution is 0.102. The molecule has 0 saturated heterocycles. The molecule has 3 N–H and O–H groups in total. The van der Waals surface area contributed by atoms with E-state index in [1.54, 1.807) is 31.2 Å². The van der Waals surface area contributed by atoms with E-state index < -0.39 is 11.7 Å². The summed E-state index contributed by atoms with van der Waals surface area (Å²) in [6.07, 6.45) is 1.52. The monoisotopic (exact) mass is 245 g/mol. The Kier molecular flexibility index (Phi) is 3.23. The van der Waals surface area contributed by atoms with Crippen molar-refractivity contribution in [3.05, 3.63) is 53.5 Å². The van der Waals surface area contributed by atoms with E-state index in [1.165, 1.54) is 12.3 Å². The van der Waals surface area contributed by atoms with Crippen LogP contribution in [0.3, 0.4) is 0 Å². The zero-order chi connectivity index (χ0) is 13.1. The maximum absolute atomic E-state index is 13.3. The number of halogens is 1. The number of carbonyl (C=O) groups is 1. The van der Waals surface area contributed by atoms with Crippen LogP contribution in [0.2, 0.25) is 0 Å². The Hall–Kier alpha value is -2.43. The quantitative estimate of drug-likeness (QED) is 0.853. The summed E-state index contributed by atoms with van der Waals surface area (Å²) in [7, 11) is 0. The summed E-state index contributed by atoms with van der Waals surface area (Å²) >= 11 is 0. The first kappa shape index (κ1) is 12.0. The Morgan fingerprint density at radius 2 is 2.17 bits per heavy atom. The number of hydrogen-bond donors (Lipinski definition) is 2. The second-order valence-corrected chi connectivity index (χ2v) is 3.86. The minimum Gasteiger partial charge on any atom is -0.396 e. The maximum atomic E-state index is 13.3. The lowest BCUT2D eigenvalue weighted by Gasteiger charge is -2.07. The average Bonchev–Trinajstić information content (AvgIpc) is 2.35. The van der Waals surface area contributed by atoms with Crippen LogP contribution in [0.15, 0.2) is 36.5 Å². The van der Waals surface area contributed by atoms with Crippen LogP contribution in [0.1, 0.15) is 15.9 Å². The molecule has 0 spiro atoms. The number of aryl methyl sites for hydroxylation is 1. The molecule has 0 atom stereocenters. The Morgan fingerprint density at radius 3 is 2.83 bits per heavy atom. The Labute approximate surface area is 104 Å². The Bertz CT molecular complexity index is 599. The van der Waals surface area contributed by atoms with Gasteiger partial charge in [-0.1, -0.05) is 6.07 Å². The minimum atomic E-state index is -0.445. The first-order chi connectivity index (χ1) is 8.58. The minimum absolute atomic E-state index is 0.225. The fraction of sp³-hybridized carbons (Fsp3) is 0.0769. The lowest BCUT2D eigenvalue weighted by atomic mass is 10.1. The number of anilines is 2. The summed E-state index contributed by atoms with van der Waals surface area (Å²) in [5, 5.41) is 2.53. The van der Waals surface area contributed by atoms with Crippen LogP contribution in [0.25, 0.3) is 0 Å². The lowest BCUT2D eigenvalue weighted by Crippen LogP contribution is -2.14. The predicted molar refractivity (Wildman–Crippen MR) is 67.7 cm³/mol. The van der Waals surface area contributed by atoms with Gasteiger partial charge in [0.05, 0.1) is 5.69 Å². The van der Waals surface area contributed by atoms with Crippen molar-refractivity contribution in [2.24, 2.45) is 0 Å². The summed E-state index contributed by atoms with van der Waals surface area (Å²) < 4.78 is 13.3. The van der Waals surface area contributed by atoms with E-state index in [-0.39, 0.29) is 11.4 Å². The number of nitrogens with two attached hydrogens (primary N) is 1. The van der Waals surface area contributed by atoms with Gasteiger partial charge in [0.25, 0.3) is 5.91 Å². The highest BCUT2D eigenvalue weighted by atomic mass is 19.1. The number of aromatic nitrogens is 1. The number of pyridine rings is 1. The van der Waals surface area contributed by atoms with Gasteiger partial charge in [-0.2, -0.15) is 0 Å². The van der Waals surface area contributed by atoms with Gasteiger partial charge in [0.2, 0.25) is 0 Å². The molecule has 0 bridgehead atoms. The zero-order valence-electron chi connectivity index (χ0n) is 9.77. The topological polar surface area (TPSA) is 68.0 Å². The van der Waals surface area contributed by atoms with E-state index in [0.29, 0.717) is 11.3 Å². The fourth-order valence-electron chi connectivity index (χ4n) is 1.44. The number of carbonyl (C=O) groups excluding carboxylic acids is 1. The Morgan fingerprint density at radius 1 is 1.39 bits per heavy atom. The van der Waals surface area contributed by atoms with Crippen molar-refractivity contribution in [3.8, 4) is 0 Å². The highest BCUT2D eigenvalue weighted by Crippen LogP contribution is 2.15. The van der Waals surface area contributed by atoms with Crippen molar-refractivity contribution in [3.63, 3.8) is 0 Å². The smallest absolute Gasteiger partial charge is 0.256 e. The molecule has 0 saturated carbocycles. The van der Waals surface area contributed by atoms with E-state index in [1.807, 2.05) is 0 Å². The van der Waals surface area contributed by atoms with E-state index >= 15 is 0 Å². The number of hydrogen-bond acceptors (Lipinski definition) is 3. The molecule has 5 heteroatoms. The summed E-state index contributed by atoms with van der Waals surface area (Å²) in [5.74, 6) is -0.598. The molecule has 1 aromatic heterocycles. The third-order valence-electron chi connectivity index (χ3n) is 2.50. The van der Waals surface area contributed by atoms with Gasteiger partial charge in [0.1, 0.15) is 5.82 Å². The van der Waals surface area contributed by atoms with Gasteiger partial charge in [-0.25, -0.2) is 9.37 Å². The van der Waals surface area contributed by atoms with Gasteiger partial charge in [0.15, 0.2) is 5.82 Å². The second kappa shape index (κ2) is 4.83. The normalized spacial score (nSPS) is 10.1. The molecule has 0 radical (unpaired) electrons. The van der Waals surface area contributed by atoms with Gasteiger partial charge >= 0.3 is 0 Å². The van der Waals surface area contributed by atoms with Gasteiger partial charge < -0.3 is 11.1 Å². The zero-order valence-corrected chi connectivity index (χ0v) is 9.77. The van der Waals surface area contributed by atoms with Gasteiger partial charge in [0, 0.05) is 11.8 Å². The first-order valence-corrected chi connectivity index (χ1v) is 5.36. The molecule has 1 heterocycles. The molecule has 0 unspecified atom stereocenters. The van der Waals surface area contributed by atoms with Crippen LogP contribution in [-0.2, 0) is 0 Å². The average molecular weight is 245 g/mol. The molecule has 92 valence electrons. The van der Waals surface area contributed by atoms with Crippen molar-refractivity contribution in [2.45, 2.75) is 6.92 Å². The number of nitrogen functional groups attached to an aromatic ring is 1. The molecule has 2 rings (SSSR count). The summed E-state index contributed by atoms with van der Waals surface area (Å²) in [4.78, 5) is 15.8. The Balaban J connectivity index is 2.22. The number of rotatable bonds is 2. The van der Waals surface area contributed by atoms with Gasteiger partial charge in [-0.15, -0.1) is 0 Å². The van der Waals surface area contributed by atoms with Crippen molar-refractivity contribution in [2.75, 3.05) is 11.1 Å². The maximum Gasteiger partial charge on any atom is 0.256 e. The van der Waals surface area contributed by atoms with Crippen LogP contribution in [0, 0.1) is 12.7 Å². The van der Waals surface area contributed by atoms with E-state index in [0.717, 1.165) is 0 Å². The van der Waals surface area contributed by atoms with E-state index in [4.69, 9.17) is 5.73 Å². The van der Waals surface area contributed by atoms with Crippen LogP contribution in [-0.4, -0.2) is 10.9 Å². The molecule has 4 nitrogen and oxygen atoms in total. The molecule has 1 amide bonds. The van der Waals surface area contributed by atoms with Crippen LogP contribution >= 0.6 is 0 Å². The van der Waals surface area contributed by atoms with E-state index in [2.05, 4.69) is 10.3 Å². The standard InChI is InChI=1S/C13H12FN3O/c1-8-4-5-9(7-10(8)14)13(18)17-12-11(15)3-2-6-16-12/h2-7H,15H2,1H3,(H,16,17,18). The molecule has 0 aliphatic carbocycles. The summed E-state index contributed by atoms with van der Waals surface area (Å²) in [6, 6.07) is 7.57. The highest BCUT2D eigenvalue weighted by molar-refractivity contribution is 6.05. The largest absolute Gasteiger partial charge is 0.396 e. The number of amides is 1. The number of nitrogens with zero attached hydrogens (tertiary/aromatic N) is 1. The number of benzene rings is 1. The molecule has 0 aliphatic rings. The third kappa shape index (κ3) is 2.45. The molecule has 0 fully saturated rings. The molecular formula is C13H12FN3O. The van der Waals surface area contributed by atoms with Crippen molar-refractivity contribution in [1.29, 1.82) is 0 Å². The molecule has 1 aromatic carbocycles. The third-order valence-corrected chi connectivity index (χ3v) is 2.50. The summed E-state index contributed by atoms with van der Waals surface area (Å²) in [6.45, 7) is 1.63. The van der Waals surface area contributed by atoms with E-state index in [9.17, 15) is 9.18 Å². The second-order valence-electron chi connectivity index (χ2n) is 3.86. The van der Waals surface area contributed by atoms with Crippen molar-refractivity contribution < 1.29 is 9.18 Å². The number of nitrogens with one attached hydrogen (secondary N) is 1. The van der Waals surface area contributed by atoms with Crippen molar-refractivity contribution >= 4 is 17.4 Å².